The first-order valence-electron chi connectivity index (χ1n) is 6.83. The van der Waals surface area contributed by atoms with Crippen molar-refractivity contribution in [3.8, 4) is 0 Å². The minimum Gasteiger partial charge on any atom is -0.316 e. The van der Waals surface area contributed by atoms with Crippen LogP contribution in [0.25, 0.3) is 0 Å². The fraction of sp³-hybridized carbons (Fsp3) is 1.00. The van der Waals surface area contributed by atoms with Gasteiger partial charge in [0.2, 0.25) is 0 Å². The van der Waals surface area contributed by atoms with E-state index < -0.39 is 0 Å². The minimum atomic E-state index is 0.774. The summed E-state index contributed by atoms with van der Waals surface area (Å²) in [5, 5.41) is 3.55. The summed E-state index contributed by atoms with van der Waals surface area (Å²) in [7, 11) is 2.27. The molecule has 0 spiro atoms. The second kappa shape index (κ2) is 3.97. The summed E-state index contributed by atoms with van der Waals surface area (Å²) in [5.74, 6) is 1.84. The number of hydrogen-bond acceptors (Lipinski definition) is 3. The molecule has 92 valence electrons. The lowest BCUT2D eigenvalue weighted by Gasteiger charge is -2.30. The molecule has 3 heterocycles. The Hall–Kier alpha value is -0.120. The summed E-state index contributed by atoms with van der Waals surface area (Å²) in [6.07, 6.45) is 1.37. The first-order valence-corrected chi connectivity index (χ1v) is 6.83. The summed E-state index contributed by atoms with van der Waals surface area (Å²) in [4.78, 5) is 5.32. The monoisotopic (exact) mass is 223 g/mol. The van der Waals surface area contributed by atoms with E-state index in [1.54, 1.807) is 0 Å². The van der Waals surface area contributed by atoms with Gasteiger partial charge < -0.3 is 10.2 Å². The highest BCUT2D eigenvalue weighted by Crippen LogP contribution is 2.36. The molecule has 3 nitrogen and oxygen atoms in total. The predicted octanol–water partition coefficient (Wildman–Crippen LogP) is 0.619. The zero-order valence-corrected chi connectivity index (χ0v) is 10.8. The molecule has 3 rings (SSSR count). The van der Waals surface area contributed by atoms with E-state index in [2.05, 4.69) is 36.0 Å². The molecular formula is C13H25N3. The molecule has 3 aliphatic heterocycles. The van der Waals surface area contributed by atoms with E-state index in [9.17, 15) is 0 Å². The van der Waals surface area contributed by atoms with Crippen molar-refractivity contribution in [3.05, 3.63) is 0 Å². The molecule has 0 amide bonds. The van der Waals surface area contributed by atoms with Crippen molar-refractivity contribution in [3.63, 3.8) is 0 Å². The normalized spacial score (nSPS) is 50.1. The topological polar surface area (TPSA) is 18.5 Å². The average molecular weight is 223 g/mol. The molecule has 1 N–H and O–H groups in total. The Labute approximate surface area is 99.2 Å². The molecule has 3 saturated heterocycles. The van der Waals surface area contributed by atoms with E-state index in [1.807, 2.05) is 0 Å². The van der Waals surface area contributed by atoms with Gasteiger partial charge in [0.15, 0.2) is 0 Å². The van der Waals surface area contributed by atoms with E-state index in [0.29, 0.717) is 0 Å². The molecule has 3 heteroatoms. The summed E-state index contributed by atoms with van der Waals surface area (Å²) in [6.45, 7) is 9.93. The van der Waals surface area contributed by atoms with Crippen LogP contribution in [0.5, 0.6) is 0 Å². The molecule has 3 fully saturated rings. The molecule has 0 aromatic carbocycles. The van der Waals surface area contributed by atoms with Gasteiger partial charge in [-0.05, 0) is 52.2 Å². The van der Waals surface area contributed by atoms with E-state index >= 15 is 0 Å². The molecule has 3 aliphatic rings. The van der Waals surface area contributed by atoms with Gasteiger partial charge in [0.05, 0.1) is 0 Å². The van der Waals surface area contributed by atoms with E-state index in [0.717, 1.165) is 30.0 Å². The Balaban J connectivity index is 1.68. The molecule has 0 aromatic heterocycles. The lowest BCUT2D eigenvalue weighted by atomic mass is 9.95. The van der Waals surface area contributed by atoms with Crippen molar-refractivity contribution in [1.82, 2.24) is 15.1 Å². The van der Waals surface area contributed by atoms with Crippen LogP contribution >= 0.6 is 0 Å². The minimum absolute atomic E-state index is 0.774. The molecule has 5 unspecified atom stereocenters. The van der Waals surface area contributed by atoms with Crippen molar-refractivity contribution in [1.29, 1.82) is 0 Å². The third-order valence-electron chi connectivity index (χ3n) is 5.31. The Morgan fingerprint density at radius 3 is 2.56 bits per heavy atom. The molecule has 0 saturated carbocycles. The highest BCUT2D eigenvalue weighted by molar-refractivity contribution is 5.01. The molecule has 0 radical (unpaired) electrons. The lowest BCUT2D eigenvalue weighted by Crippen LogP contribution is -2.42. The van der Waals surface area contributed by atoms with Crippen LogP contribution in [0.4, 0.5) is 0 Å². The third-order valence-corrected chi connectivity index (χ3v) is 5.31. The van der Waals surface area contributed by atoms with Gasteiger partial charge in [-0.15, -0.1) is 0 Å². The van der Waals surface area contributed by atoms with E-state index in [-0.39, 0.29) is 0 Å². The maximum Gasteiger partial charge on any atom is 0.0241 e. The van der Waals surface area contributed by atoms with Crippen molar-refractivity contribution in [2.75, 3.05) is 33.2 Å². The van der Waals surface area contributed by atoms with Gasteiger partial charge in [-0.3, -0.25) is 4.90 Å². The number of nitrogens with one attached hydrogen (secondary N) is 1. The van der Waals surface area contributed by atoms with Crippen LogP contribution in [0, 0.1) is 11.8 Å². The number of likely N-dealkylation sites (tertiary alicyclic amines) is 2. The van der Waals surface area contributed by atoms with Crippen molar-refractivity contribution in [2.24, 2.45) is 11.8 Å². The number of rotatable bonds is 1. The molecule has 0 aliphatic carbocycles. The van der Waals surface area contributed by atoms with Crippen LogP contribution in [0.15, 0.2) is 0 Å². The second-order valence-electron chi connectivity index (χ2n) is 6.20. The van der Waals surface area contributed by atoms with Gasteiger partial charge in [-0.1, -0.05) is 0 Å². The number of hydrogen-bond donors (Lipinski definition) is 1. The second-order valence-corrected chi connectivity index (χ2v) is 6.20. The fourth-order valence-electron chi connectivity index (χ4n) is 4.08. The summed E-state index contributed by atoms with van der Waals surface area (Å²) in [6, 6.07) is 2.39. The maximum atomic E-state index is 3.55. The van der Waals surface area contributed by atoms with Gasteiger partial charge in [-0.25, -0.2) is 0 Å². The molecule has 0 aromatic rings. The number of nitrogens with zero attached hydrogens (tertiary/aromatic N) is 2. The van der Waals surface area contributed by atoms with Gasteiger partial charge in [-0.2, -0.15) is 0 Å². The Morgan fingerprint density at radius 1 is 1.12 bits per heavy atom. The SMILES string of the molecule is CC1CC(N2CC3CNCC3C2C)CN1C. The molecular weight excluding hydrogens is 198 g/mol. The van der Waals surface area contributed by atoms with Gasteiger partial charge in [0.25, 0.3) is 0 Å². The highest BCUT2D eigenvalue weighted by Gasteiger charge is 2.45. The van der Waals surface area contributed by atoms with Gasteiger partial charge in [0, 0.05) is 31.2 Å². The zero-order valence-electron chi connectivity index (χ0n) is 10.8. The van der Waals surface area contributed by atoms with Crippen molar-refractivity contribution in [2.45, 2.75) is 38.4 Å². The van der Waals surface area contributed by atoms with Crippen LogP contribution in [-0.4, -0.2) is 61.2 Å². The van der Waals surface area contributed by atoms with Crippen LogP contribution in [0.3, 0.4) is 0 Å². The Bertz CT molecular complexity index is 258. The van der Waals surface area contributed by atoms with E-state index in [1.165, 1.54) is 32.6 Å². The van der Waals surface area contributed by atoms with Crippen LogP contribution < -0.4 is 5.32 Å². The van der Waals surface area contributed by atoms with Gasteiger partial charge in [0.1, 0.15) is 0 Å². The fourth-order valence-corrected chi connectivity index (χ4v) is 4.08. The third kappa shape index (κ3) is 1.60. The largest absolute Gasteiger partial charge is 0.316 e. The van der Waals surface area contributed by atoms with Crippen LogP contribution in [0.2, 0.25) is 0 Å². The summed E-state index contributed by atoms with van der Waals surface area (Å²) >= 11 is 0. The maximum absolute atomic E-state index is 3.55. The van der Waals surface area contributed by atoms with Gasteiger partial charge >= 0.3 is 0 Å². The average Bonchev–Trinajstić information content (AvgIpc) is 2.87. The standard InChI is InChI=1S/C13H25N3/c1-9-4-12(8-15(9)3)16-7-11-5-14-6-13(11)10(16)2/h9-14H,4-8H2,1-3H3. The van der Waals surface area contributed by atoms with Crippen molar-refractivity contribution < 1.29 is 0 Å². The molecule has 0 bridgehead atoms. The smallest absolute Gasteiger partial charge is 0.0241 e. The first kappa shape index (κ1) is 11.0. The predicted molar refractivity (Wildman–Crippen MR) is 66.5 cm³/mol. The number of likely N-dealkylation sites (N-methyl/N-ethyl adjacent to an activating group) is 1. The quantitative estimate of drug-likeness (QED) is 0.703. The van der Waals surface area contributed by atoms with Crippen molar-refractivity contribution >= 4 is 0 Å². The Morgan fingerprint density at radius 2 is 1.94 bits per heavy atom. The first-order chi connectivity index (χ1) is 7.66. The number of fused-ring (bicyclic) bond motifs is 1. The Kier molecular flexibility index (Phi) is 2.73. The zero-order chi connectivity index (χ0) is 11.3. The van der Waals surface area contributed by atoms with E-state index in [4.69, 9.17) is 0 Å². The summed E-state index contributed by atoms with van der Waals surface area (Å²) < 4.78 is 0. The summed E-state index contributed by atoms with van der Waals surface area (Å²) in [5.41, 5.74) is 0. The van der Waals surface area contributed by atoms with Crippen LogP contribution in [0.1, 0.15) is 20.3 Å². The molecule has 16 heavy (non-hydrogen) atoms. The molecule has 5 atom stereocenters. The van der Waals surface area contributed by atoms with Crippen LogP contribution in [-0.2, 0) is 0 Å². The highest BCUT2D eigenvalue weighted by atomic mass is 15.3. The lowest BCUT2D eigenvalue weighted by molar-refractivity contribution is 0.172.